The van der Waals surface area contributed by atoms with E-state index in [1.54, 1.807) is 24.3 Å². The van der Waals surface area contributed by atoms with Gasteiger partial charge in [-0.1, -0.05) is 42.5 Å². The minimum Gasteiger partial charge on any atom is -0.542 e. The Morgan fingerprint density at radius 2 is 1.60 bits per heavy atom. The van der Waals surface area contributed by atoms with Gasteiger partial charge in [0, 0.05) is 0 Å². The van der Waals surface area contributed by atoms with Crippen LogP contribution in [-0.4, -0.2) is 34.2 Å². The first-order valence-electron chi connectivity index (χ1n) is 7.93. The van der Waals surface area contributed by atoms with Crippen molar-refractivity contribution in [2.75, 3.05) is 28.3 Å². The molecule has 0 aromatic heterocycles. The minimum atomic E-state index is -1.35. The molecule has 25 heavy (non-hydrogen) atoms. The molecule has 0 atom stereocenters. The molecule has 2 aromatic carbocycles. The van der Waals surface area contributed by atoms with Crippen LogP contribution in [0, 0.1) is 0 Å². The highest BCUT2D eigenvalue weighted by Crippen LogP contribution is 2.16. The van der Waals surface area contributed by atoms with Gasteiger partial charge in [-0.05, 0) is 29.3 Å². The predicted molar refractivity (Wildman–Crippen MR) is 95.9 cm³/mol. The Bertz CT molecular complexity index is 661. The van der Waals surface area contributed by atoms with Crippen LogP contribution in [0.4, 0.5) is 0 Å². The van der Waals surface area contributed by atoms with Crippen molar-refractivity contribution in [3.8, 4) is 5.75 Å². The number of aliphatic carboxylic acids is 1. The van der Waals surface area contributed by atoms with Gasteiger partial charge in [0.1, 0.15) is 24.1 Å². The third-order valence-corrected chi connectivity index (χ3v) is 2.85. The summed E-state index contributed by atoms with van der Waals surface area (Å²) in [7, 11) is 7.54. The summed E-state index contributed by atoms with van der Waals surface area (Å²) < 4.78 is 10.4. The van der Waals surface area contributed by atoms with E-state index in [2.05, 4.69) is 21.1 Å². The fourth-order valence-corrected chi connectivity index (χ4v) is 1.75. The Morgan fingerprint density at radius 3 is 2.08 bits per heavy atom. The maximum atomic E-state index is 10.7. The molecular weight excluding hydrogens is 318 g/mol. The average molecular weight is 343 g/mol. The lowest BCUT2D eigenvalue weighted by molar-refractivity contribution is -0.836. The van der Waals surface area contributed by atoms with Crippen LogP contribution < -0.4 is 14.7 Å². The van der Waals surface area contributed by atoms with Crippen LogP contribution in [0.3, 0.4) is 0 Å². The lowest BCUT2D eigenvalue weighted by Crippen LogP contribution is -3.02. The van der Waals surface area contributed by atoms with Gasteiger partial charge in [-0.3, -0.25) is 0 Å². The van der Waals surface area contributed by atoms with Gasteiger partial charge in [0.25, 0.3) is 0 Å². The summed E-state index contributed by atoms with van der Waals surface area (Å²) in [5.74, 6) is -0.849. The summed E-state index contributed by atoms with van der Waals surface area (Å²) >= 11 is 0. The van der Waals surface area contributed by atoms with Crippen molar-refractivity contribution in [2.45, 2.75) is 6.61 Å². The molecule has 134 valence electrons. The number of ether oxygens (including phenoxy) is 2. The first-order chi connectivity index (χ1) is 11.9. The van der Waals surface area contributed by atoms with E-state index < -0.39 is 5.97 Å². The van der Waals surface area contributed by atoms with Gasteiger partial charge in [-0.2, -0.15) is 0 Å². The summed E-state index contributed by atoms with van der Waals surface area (Å²) in [6.07, 6.45) is 1.40. The Balaban J connectivity index is 0.000000705. The molecule has 0 bridgehead atoms. The normalized spacial score (nSPS) is 10.7. The molecule has 2 rings (SSSR count). The quantitative estimate of drug-likeness (QED) is 0.621. The number of hydrogen-bond acceptors (Lipinski definition) is 4. The average Bonchev–Trinajstić information content (AvgIpc) is 2.59. The van der Waals surface area contributed by atoms with Crippen LogP contribution >= 0.6 is 0 Å². The van der Waals surface area contributed by atoms with Gasteiger partial charge in [-0.15, -0.1) is 0 Å². The molecule has 0 saturated carbocycles. The predicted octanol–water partition coefficient (Wildman–Crippen LogP) is 0.764. The Kier molecular flexibility index (Phi) is 8.82. The molecular formula is C20H25NO4. The Morgan fingerprint density at radius 1 is 1.04 bits per heavy atom. The number of carboxylic acids is 1. The maximum Gasteiger partial charge on any atom is 0.142 e. The number of methoxy groups -OCH3 is 1. The van der Waals surface area contributed by atoms with Gasteiger partial charge in [0.15, 0.2) is 0 Å². The van der Waals surface area contributed by atoms with Gasteiger partial charge < -0.3 is 24.3 Å². The van der Waals surface area contributed by atoms with Crippen LogP contribution in [0.5, 0.6) is 5.75 Å². The summed E-state index contributed by atoms with van der Waals surface area (Å²) in [4.78, 5) is 12.1. The van der Waals surface area contributed by atoms with Gasteiger partial charge in [0.05, 0.1) is 28.3 Å². The largest absolute Gasteiger partial charge is 0.542 e. The molecule has 0 aliphatic carbocycles. The number of quaternary nitrogens is 1. The highest BCUT2D eigenvalue weighted by molar-refractivity contribution is 5.88. The minimum absolute atomic E-state index is 0.215. The highest BCUT2D eigenvalue weighted by Gasteiger charge is 1.99. The summed E-state index contributed by atoms with van der Waals surface area (Å²) in [6.45, 7) is 0.485. The second kappa shape index (κ2) is 10.9. The number of nitrogens with one attached hydrogen (secondary N) is 1. The molecule has 0 saturated heterocycles. The molecule has 2 aromatic rings. The SMILES string of the molecule is COC(=Cc1ccc(OCc2ccccc2)cc1)C(=O)[O-].C[NH+](C)C. The molecule has 5 heteroatoms. The van der Waals surface area contributed by atoms with E-state index in [1.807, 2.05) is 30.3 Å². The Labute approximate surface area is 149 Å². The van der Waals surface area contributed by atoms with Crippen molar-refractivity contribution < 1.29 is 24.3 Å². The molecule has 0 spiro atoms. The van der Waals surface area contributed by atoms with Crippen LogP contribution in [0.2, 0.25) is 0 Å². The first-order valence-corrected chi connectivity index (χ1v) is 7.93. The fraction of sp³-hybridized carbons (Fsp3) is 0.250. The maximum absolute atomic E-state index is 10.7. The molecule has 0 fully saturated rings. The van der Waals surface area contributed by atoms with Crippen molar-refractivity contribution in [2.24, 2.45) is 0 Å². The monoisotopic (exact) mass is 343 g/mol. The van der Waals surface area contributed by atoms with Crippen LogP contribution in [0.1, 0.15) is 11.1 Å². The van der Waals surface area contributed by atoms with Gasteiger partial charge >= 0.3 is 0 Å². The van der Waals surface area contributed by atoms with Crippen molar-refractivity contribution in [1.29, 1.82) is 0 Å². The van der Waals surface area contributed by atoms with E-state index >= 15 is 0 Å². The second-order valence-corrected chi connectivity index (χ2v) is 5.84. The van der Waals surface area contributed by atoms with Crippen molar-refractivity contribution in [3.63, 3.8) is 0 Å². The van der Waals surface area contributed by atoms with E-state index in [1.165, 1.54) is 18.1 Å². The van der Waals surface area contributed by atoms with E-state index in [9.17, 15) is 9.90 Å². The number of benzene rings is 2. The van der Waals surface area contributed by atoms with E-state index in [-0.39, 0.29) is 5.76 Å². The number of carbonyl (C=O) groups excluding carboxylic acids is 1. The molecule has 0 radical (unpaired) electrons. The fourth-order valence-electron chi connectivity index (χ4n) is 1.75. The second-order valence-electron chi connectivity index (χ2n) is 5.84. The first kappa shape index (κ1) is 20.3. The highest BCUT2D eigenvalue weighted by atomic mass is 16.5. The van der Waals surface area contributed by atoms with Gasteiger partial charge in [0.2, 0.25) is 0 Å². The molecule has 0 aliphatic heterocycles. The smallest absolute Gasteiger partial charge is 0.142 e. The number of carbonyl (C=O) groups is 1. The van der Waals surface area contributed by atoms with Crippen molar-refractivity contribution in [1.82, 2.24) is 0 Å². The van der Waals surface area contributed by atoms with Gasteiger partial charge in [-0.25, -0.2) is 0 Å². The number of hydrogen-bond donors (Lipinski definition) is 1. The van der Waals surface area contributed by atoms with E-state index in [4.69, 9.17) is 9.47 Å². The topological polar surface area (TPSA) is 63.0 Å². The van der Waals surface area contributed by atoms with E-state index in [0.717, 1.165) is 5.56 Å². The standard InChI is InChI=1S/C17H16O4.C3H9N/c1-20-16(17(18)19)11-13-7-9-15(10-8-13)21-12-14-5-3-2-4-6-14;1-4(2)3/h2-11H,12H2,1H3,(H,18,19);1-3H3. The van der Waals surface area contributed by atoms with Crippen LogP contribution in [-0.2, 0) is 16.1 Å². The third kappa shape index (κ3) is 8.58. The molecule has 0 heterocycles. The third-order valence-electron chi connectivity index (χ3n) is 2.85. The molecule has 0 amide bonds. The summed E-state index contributed by atoms with van der Waals surface area (Å²) in [6, 6.07) is 16.9. The molecule has 5 nitrogen and oxygen atoms in total. The molecule has 0 unspecified atom stereocenters. The van der Waals surface area contributed by atoms with Crippen molar-refractivity contribution >= 4 is 12.0 Å². The number of rotatable bonds is 6. The zero-order chi connectivity index (χ0) is 18.7. The van der Waals surface area contributed by atoms with Crippen LogP contribution in [0.25, 0.3) is 6.08 Å². The molecule has 0 aliphatic rings. The summed E-state index contributed by atoms with van der Waals surface area (Å²) in [5, 5.41) is 10.7. The Hall–Kier alpha value is -2.79. The summed E-state index contributed by atoms with van der Waals surface area (Å²) in [5.41, 5.74) is 1.78. The zero-order valence-corrected chi connectivity index (χ0v) is 15.1. The van der Waals surface area contributed by atoms with Crippen LogP contribution in [0.15, 0.2) is 60.4 Å². The van der Waals surface area contributed by atoms with E-state index in [0.29, 0.717) is 17.9 Å². The lowest BCUT2D eigenvalue weighted by atomic mass is 10.2. The van der Waals surface area contributed by atoms with Crippen molar-refractivity contribution in [3.05, 3.63) is 71.5 Å². The number of carboxylic acid groups (broad SMARTS) is 1. The lowest BCUT2D eigenvalue weighted by Gasteiger charge is -2.08. The molecule has 1 N–H and O–H groups in total. The zero-order valence-electron chi connectivity index (χ0n) is 15.1.